The minimum Gasteiger partial charge on any atom is -0.481 e. The molecule has 0 aromatic heterocycles. The summed E-state index contributed by atoms with van der Waals surface area (Å²) in [4.78, 5) is 13.2. The van der Waals surface area contributed by atoms with E-state index in [-0.39, 0.29) is 6.42 Å². The molecule has 2 unspecified atom stereocenters. The molecule has 1 aromatic rings. The minimum absolute atomic E-state index is 0.109. The van der Waals surface area contributed by atoms with Crippen LogP contribution in [0.3, 0.4) is 0 Å². The third-order valence-corrected chi connectivity index (χ3v) is 4.01. The predicted octanol–water partition coefficient (Wildman–Crippen LogP) is 2.93. The molecule has 0 bridgehead atoms. The number of nitrogens with zero attached hydrogens (tertiary/aromatic N) is 1. The van der Waals surface area contributed by atoms with E-state index in [2.05, 4.69) is 30.9 Å². The smallest absolute Gasteiger partial charge is 0.307 e. The van der Waals surface area contributed by atoms with Crippen molar-refractivity contribution in [2.45, 2.75) is 45.7 Å². The summed E-state index contributed by atoms with van der Waals surface area (Å²) in [6.07, 6.45) is 2.71. The lowest BCUT2D eigenvalue weighted by Crippen LogP contribution is -2.40. The first-order valence-electron chi connectivity index (χ1n) is 7.08. The third kappa shape index (κ3) is 4.06. The highest BCUT2D eigenvalue weighted by atomic mass is 16.4. The summed E-state index contributed by atoms with van der Waals surface area (Å²) in [6.45, 7) is 6.75. The summed E-state index contributed by atoms with van der Waals surface area (Å²) in [6, 6.07) is 8.63. The quantitative estimate of drug-likeness (QED) is 0.906. The van der Waals surface area contributed by atoms with Gasteiger partial charge < -0.3 is 5.11 Å². The molecule has 0 aliphatic carbocycles. The molecule has 1 aliphatic heterocycles. The topological polar surface area (TPSA) is 40.5 Å². The fraction of sp³-hybridized carbons (Fsp3) is 0.562. The second kappa shape index (κ2) is 6.20. The van der Waals surface area contributed by atoms with Gasteiger partial charge in [-0.05, 0) is 36.8 Å². The van der Waals surface area contributed by atoms with Gasteiger partial charge in [-0.25, -0.2) is 0 Å². The van der Waals surface area contributed by atoms with Crippen molar-refractivity contribution < 1.29 is 9.90 Å². The Morgan fingerprint density at radius 2 is 1.84 bits per heavy atom. The molecule has 1 aromatic carbocycles. The standard InChI is InChI=1S/C16H23NO2/c1-12-3-4-13(2)17(10-12)11-15-7-5-14(6-8-15)9-16(18)19/h5-8,12-13H,3-4,9-11H2,1-2H3,(H,18,19). The number of rotatable bonds is 4. The zero-order chi connectivity index (χ0) is 13.8. The minimum atomic E-state index is -0.772. The van der Waals surface area contributed by atoms with Crippen LogP contribution >= 0.6 is 0 Å². The number of carbonyl (C=O) groups is 1. The van der Waals surface area contributed by atoms with E-state index >= 15 is 0 Å². The van der Waals surface area contributed by atoms with Crippen LogP contribution in [0.2, 0.25) is 0 Å². The predicted molar refractivity (Wildman–Crippen MR) is 76.1 cm³/mol. The number of hydrogen-bond acceptors (Lipinski definition) is 2. The second-order valence-corrected chi connectivity index (χ2v) is 5.85. The molecule has 1 aliphatic rings. The van der Waals surface area contributed by atoms with Crippen molar-refractivity contribution in [3.05, 3.63) is 35.4 Å². The SMILES string of the molecule is CC1CCC(C)N(Cc2ccc(CC(=O)O)cc2)C1. The van der Waals surface area contributed by atoms with Crippen molar-refractivity contribution in [3.8, 4) is 0 Å². The summed E-state index contributed by atoms with van der Waals surface area (Å²) in [5, 5.41) is 8.75. The van der Waals surface area contributed by atoms with E-state index in [9.17, 15) is 4.79 Å². The van der Waals surface area contributed by atoms with Crippen LogP contribution in [0.15, 0.2) is 24.3 Å². The van der Waals surface area contributed by atoms with E-state index in [1.54, 1.807) is 0 Å². The number of likely N-dealkylation sites (tertiary alicyclic amines) is 1. The van der Waals surface area contributed by atoms with Gasteiger partial charge in [0.05, 0.1) is 6.42 Å². The summed E-state index contributed by atoms with van der Waals surface area (Å²) >= 11 is 0. The molecule has 1 heterocycles. The first kappa shape index (κ1) is 14.1. The van der Waals surface area contributed by atoms with Gasteiger partial charge in [0, 0.05) is 19.1 Å². The summed E-state index contributed by atoms with van der Waals surface area (Å²) in [5.41, 5.74) is 2.14. The highest BCUT2D eigenvalue weighted by molar-refractivity contribution is 5.70. The molecule has 19 heavy (non-hydrogen) atoms. The Kier molecular flexibility index (Phi) is 4.59. The number of piperidine rings is 1. The van der Waals surface area contributed by atoms with E-state index < -0.39 is 5.97 Å². The molecule has 3 heteroatoms. The fourth-order valence-corrected chi connectivity index (χ4v) is 2.77. The molecule has 3 nitrogen and oxygen atoms in total. The average Bonchev–Trinajstić information content (AvgIpc) is 2.35. The van der Waals surface area contributed by atoms with Gasteiger partial charge in [0.25, 0.3) is 0 Å². The average molecular weight is 261 g/mol. The van der Waals surface area contributed by atoms with Gasteiger partial charge >= 0.3 is 5.97 Å². The van der Waals surface area contributed by atoms with Crippen molar-refractivity contribution >= 4 is 5.97 Å². The van der Waals surface area contributed by atoms with Crippen LogP contribution < -0.4 is 0 Å². The van der Waals surface area contributed by atoms with Crippen LogP contribution in [0.5, 0.6) is 0 Å². The molecule has 0 radical (unpaired) electrons. The monoisotopic (exact) mass is 261 g/mol. The maximum absolute atomic E-state index is 10.6. The summed E-state index contributed by atoms with van der Waals surface area (Å²) in [5.74, 6) is 0.00807. The van der Waals surface area contributed by atoms with Gasteiger partial charge in [-0.1, -0.05) is 31.2 Å². The van der Waals surface area contributed by atoms with E-state index in [4.69, 9.17) is 5.11 Å². The van der Waals surface area contributed by atoms with Gasteiger partial charge in [-0.3, -0.25) is 9.69 Å². The fourth-order valence-electron chi connectivity index (χ4n) is 2.77. The molecule has 104 valence electrons. The number of aliphatic carboxylic acids is 1. The molecule has 1 fully saturated rings. The van der Waals surface area contributed by atoms with Crippen molar-refractivity contribution in [3.63, 3.8) is 0 Å². The zero-order valence-electron chi connectivity index (χ0n) is 11.8. The Balaban J connectivity index is 1.96. The van der Waals surface area contributed by atoms with Gasteiger partial charge in [-0.2, -0.15) is 0 Å². The molecule has 1 N–H and O–H groups in total. The van der Waals surface area contributed by atoms with Crippen LogP contribution in [-0.2, 0) is 17.8 Å². The van der Waals surface area contributed by atoms with Crippen molar-refractivity contribution in [2.75, 3.05) is 6.54 Å². The molecule has 2 atom stereocenters. The Morgan fingerprint density at radius 3 is 2.47 bits per heavy atom. The summed E-state index contributed by atoms with van der Waals surface area (Å²) < 4.78 is 0. The molecule has 0 spiro atoms. The van der Waals surface area contributed by atoms with E-state index in [0.717, 1.165) is 24.6 Å². The number of benzene rings is 1. The third-order valence-electron chi connectivity index (χ3n) is 4.01. The highest BCUT2D eigenvalue weighted by Gasteiger charge is 2.22. The Labute approximate surface area is 115 Å². The lowest BCUT2D eigenvalue weighted by atomic mass is 9.94. The first-order valence-corrected chi connectivity index (χ1v) is 7.08. The van der Waals surface area contributed by atoms with Gasteiger partial charge in [0.2, 0.25) is 0 Å². The second-order valence-electron chi connectivity index (χ2n) is 5.85. The maximum Gasteiger partial charge on any atom is 0.307 e. The van der Waals surface area contributed by atoms with Crippen LogP contribution in [0.25, 0.3) is 0 Å². The van der Waals surface area contributed by atoms with Crippen molar-refractivity contribution in [1.82, 2.24) is 4.90 Å². The lowest BCUT2D eigenvalue weighted by Gasteiger charge is -2.36. The summed E-state index contributed by atoms with van der Waals surface area (Å²) in [7, 11) is 0. The van der Waals surface area contributed by atoms with Crippen molar-refractivity contribution in [1.29, 1.82) is 0 Å². The van der Waals surface area contributed by atoms with Gasteiger partial charge in [0.15, 0.2) is 0 Å². The molecule has 2 rings (SSSR count). The Hall–Kier alpha value is -1.35. The van der Waals surface area contributed by atoms with E-state index in [0.29, 0.717) is 6.04 Å². The van der Waals surface area contributed by atoms with E-state index in [1.807, 2.05) is 12.1 Å². The maximum atomic E-state index is 10.6. The molecular formula is C16H23NO2. The first-order chi connectivity index (χ1) is 9.04. The zero-order valence-corrected chi connectivity index (χ0v) is 11.8. The highest BCUT2D eigenvalue weighted by Crippen LogP contribution is 2.23. The van der Waals surface area contributed by atoms with Gasteiger partial charge in [0.1, 0.15) is 0 Å². The Morgan fingerprint density at radius 1 is 1.21 bits per heavy atom. The van der Waals surface area contributed by atoms with Crippen LogP contribution in [0.4, 0.5) is 0 Å². The van der Waals surface area contributed by atoms with Crippen LogP contribution in [0, 0.1) is 5.92 Å². The molecule has 0 saturated carbocycles. The normalized spacial score (nSPS) is 24.3. The Bertz CT molecular complexity index is 427. The molecule has 1 saturated heterocycles. The number of hydrogen-bond donors (Lipinski definition) is 1. The molecular weight excluding hydrogens is 238 g/mol. The van der Waals surface area contributed by atoms with Crippen molar-refractivity contribution in [2.24, 2.45) is 5.92 Å². The van der Waals surface area contributed by atoms with E-state index in [1.165, 1.54) is 18.4 Å². The number of carboxylic acids is 1. The molecule has 0 amide bonds. The van der Waals surface area contributed by atoms with Crippen LogP contribution in [-0.4, -0.2) is 28.6 Å². The number of carboxylic acid groups (broad SMARTS) is 1. The lowest BCUT2D eigenvalue weighted by molar-refractivity contribution is -0.136. The van der Waals surface area contributed by atoms with Crippen LogP contribution in [0.1, 0.15) is 37.8 Å². The largest absolute Gasteiger partial charge is 0.481 e. The van der Waals surface area contributed by atoms with Gasteiger partial charge in [-0.15, -0.1) is 0 Å².